The van der Waals surface area contributed by atoms with Crippen molar-refractivity contribution in [1.29, 1.82) is 0 Å². The van der Waals surface area contributed by atoms with Gasteiger partial charge in [0, 0.05) is 13.1 Å². The van der Waals surface area contributed by atoms with Gasteiger partial charge in [-0.3, -0.25) is 30.2 Å². The number of hydrogen-bond donors (Lipinski definition) is 2. The van der Waals surface area contributed by atoms with Crippen molar-refractivity contribution in [2.45, 2.75) is 51.0 Å². The summed E-state index contributed by atoms with van der Waals surface area (Å²) >= 11 is 0. The van der Waals surface area contributed by atoms with Crippen molar-refractivity contribution in [2.75, 3.05) is 13.1 Å². The van der Waals surface area contributed by atoms with E-state index in [-0.39, 0.29) is 13.2 Å². The zero-order chi connectivity index (χ0) is 25.3. The zero-order valence-corrected chi connectivity index (χ0v) is 19.9. The predicted octanol–water partition coefficient (Wildman–Crippen LogP) is 2.74. The van der Waals surface area contributed by atoms with Crippen LogP contribution in [0.4, 0.5) is 9.59 Å². The van der Waals surface area contributed by atoms with E-state index >= 15 is 0 Å². The number of hydrogen-bond acceptors (Lipinski definition) is 6. The van der Waals surface area contributed by atoms with Gasteiger partial charge in [0.15, 0.2) is 0 Å². The van der Waals surface area contributed by atoms with Crippen LogP contribution < -0.4 is 10.9 Å². The van der Waals surface area contributed by atoms with Crippen LogP contribution in [0, 0.1) is 0 Å². The van der Waals surface area contributed by atoms with Crippen molar-refractivity contribution in [1.82, 2.24) is 20.7 Å². The van der Waals surface area contributed by atoms with E-state index in [1.54, 1.807) is 0 Å². The van der Waals surface area contributed by atoms with Crippen molar-refractivity contribution in [3.8, 4) is 0 Å². The minimum absolute atomic E-state index is 0.110. The Morgan fingerprint density at radius 2 is 1.06 bits per heavy atom. The lowest BCUT2D eigenvalue weighted by molar-refractivity contribution is -0.133. The highest BCUT2D eigenvalue weighted by Gasteiger charge is 2.38. The van der Waals surface area contributed by atoms with E-state index in [0.717, 1.165) is 11.1 Å². The summed E-state index contributed by atoms with van der Waals surface area (Å²) in [6.45, 7) is 1.00. The van der Waals surface area contributed by atoms with E-state index in [9.17, 15) is 19.2 Å². The Labute approximate surface area is 209 Å². The molecule has 2 fully saturated rings. The number of carbonyl (C=O) groups is 4. The number of nitrogens with one attached hydrogen (secondary N) is 2. The third-order valence-corrected chi connectivity index (χ3v) is 6.30. The largest absolute Gasteiger partial charge is 0.445 e. The summed E-state index contributed by atoms with van der Waals surface area (Å²) in [6.07, 6.45) is 1.07. The number of likely N-dealkylation sites (tertiary alicyclic amines) is 2. The second kappa shape index (κ2) is 12.1. The Morgan fingerprint density at radius 3 is 1.44 bits per heavy atom. The van der Waals surface area contributed by atoms with Crippen LogP contribution in [0.3, 0.4) is 0 Å². The number of ether oxygens (including phenoxy) is 2. The van der Waals surface area contributed by atoms with Crippen molar-refractivity contribution in [2.24, 2.45) is 0 Å². The van der Waals surface area contributed by atoms with Gasteiger partial charge in [-0.15, -0.1) is 0 Å². The fraction of sp³-hybridized carbons (Fsp3) is 0.385. The number of carbonyl (C=O) groups excluding carboxylic acids is 4. The minimum Gasteiger partial charge on any atom is -0.445 e. The first-order valence-electron chi connectivity index (χ1n) is 12.1. The van der Waals surface area contributed by atoms with Crippen LogP contribution in [0.1, 0.15) is 36.8 Å². The van der Waals surface area contributed by atoms with Gasteiger partial charge in [-0.05, 0) is 36.8 Å². The van der Waals surface area contributed by atoms with Crippen LogP contribution in [0.5, 0.6) is 0 Å². The van der Waals surface area contributed by atoms with Crippen LogP contribution in [-0.4, -0.2) is 59.0 Å². The van der Waals surface area contributed by atoms with Gasteiger partial charge in [-0.2, -0.15) is 0 Å². The fourth-order valence-electron chi connectivity index (χ4n) is 4.41. The highest BCUT2D eigenvalue weighted by Crippen LogP contribution is 2.20. The molecule has 10 nitrogen and oxygen atoms in total. The van der Waals surface area contributed by atoms with Gasteiger partial charge < -0.3 is 9.47 Å². The second-order valence-corrected chi connectivity index (χ2v) is 8.76. The minimum atomic E-state index is -0.746. The van der Waals surface area contributed by atoms with Gasteiger partial charge in [0.05, 0.1) is 0 Å². The first-order valence-corrected chi connectivity index (χ1v) is 12.1. The Morgan fingerprint density at radius 1 is 0.667 bits per heavy atom. The van der Waals surface area contributed by atoms with Gasteiger partial charge in [-0.1, -0.05) is 60.7 Å². The molecule has 2 atom stereocenters. The normalized spacial score (nSPS) is 19.0. The number of nitrogens with zero attached hydrogens (tertiary/aromatic N) is 2. The molecule has 2 aromatic rings. The Kier molecular flexibility index (Phi) is 8.38. The summed E-state index contributed by atoms with van der Waals surface area (Å²) in [5.74, 6) is -1.01. The summed E-state index contributed by atoms with van der Waals surface area (Å²) < 4.78 is 10.7. The lowest BCUT2D eigenvalue weighted by Gasteiger charge is -2.25. The summed E-state index contributed by atoms with van der Waals surface area (Å²) in [5.41, 5.74) is 6.52. The van der Waals surface area contributed by atoms with E-state index in [1.165, 1.54) is 9.80 Å². The maximum absolute atomic E-state index is 12.7. The van der Waals surface area contributed by atoms with E-state index in [4.69, 9.17) is 9.47 Å². The average molecular weight is 495 g/mol. The number of amides is 4. The number of hydrazine groups is 1. The molecule has 36 heavy (non-hydrogen) atoms. The maximum Gasteiger partial charge on any atom is 0.410 e. The number of rotatable bonds is 6. The van der Waals surface area contributed by atoms with Crippen LogP contribution in [0.2, 0.25) is 0 Å². The third-order valence-electron chi connectivity index (χ3n) is 6.30. The molecule has 0 bridgehead atoms. The van der Waals surface area contributed by atoms with Crippen molar-refractivity contribution in [3.05, 3.63) is 71.8 Å². The quantitative estimate of drug-likeness (QED) is 0.597. The molecule has 190 valence electrons. The second-order valence-electron chi connectivity index (χ2n) is 8.76. The fourth-order valence-corrected chi connectivity index (χ4v) is 4.41. The Hall–Kier alpha value is -4.08. The van der Waals surface area contributed by atoms with Crippen molar-refractivity contribution in [3.63, 3.8) is 0 Å². The monoisotopic (exact) mass is 494 g/mol. The van der Waals surface area contributed by atoms with Gasteiger partial charge >= 0.3 is 12.2 Å². The third kappa shape index (κ3) is 6.32. The van der Waals surface area contributed by atoms with E-state index in [2.05, 4.69) is 10.9 Å². The molecule has 2 unspecified atom stereocenters. The van der Waals surface area contributed by atoms with E-state index in [0.29, 0.717) is 38.8 Å². The van der Waals surface area contributed by atoms with Crippen molar-refractivity contribution >= 4 is 24.0 Å². The molecule has 10 heteroatoms. The topological polar surface area (TPSA) is 117 Å². The molecule has 2 N–H and O–H groups in total. The van der Waals surface area contributed by atoms with Gasteiger partial charge in [-0.25, -0.2) is 9.59 Å². The predicted molar refractivity (Wildman–Crippen MR) is 129 cm³/mol. The molecule has 2 aromatic carbocycles. The Bertz CT molecular complexity index is 979. The molecule has 2 heterocycles. The zero-order valence-electron chi connectivity index (χ0n) is 19.9. The molecule has 2 aliphatic rings. The molecule has 2 saturated heterocycles. The SMILES string of the molecule is O=C(NNC(=O)C1CCCN1C(=O)OCc1ccccc1)C1CCCN1C(=O)OCc1ccccc1. The molecule has 4 amide bonds. The highest BCUT2D eigenvalue weighted by molar-refractivity contribution is 5.90. The summed E-state index contributed by atoms with van der Waals surface area (Å²) in [7, 11) is 0. The maximum atomic E-state index is 12.7. The molecule has 0 radical (unpaired) electrons. The molecule has 2 aliphatic heterocycles. The van der Waals surface area contributed by atoms with Crippen LogP contribution in [0.15, 0.2) is 60.7 Å². The first kappa shape index (κ1) is 25.0. The van der Waals surface area contributed by atoms with Gasteiger partial charge in [0.25, 0.3) is 11.8 Å². The highest BCUT2D eigenvalue weighted by atomic mass is 16.6. The van der Waals surface area contributed by atoms with Crippen LogP contribution in [0.25, 0.3) is 0 Å². The first-order chi connectivity index (χ1) is 17.5. The molecular formula is C26H30N4O6. The number of benzene rings is 2. The molecule has 0 aromatic heterocycles. The van der Waals surface area contributed by atoms with Crippen LogP contribution >= 0.6 is 0 Å². The average Bonchev–Trinajstić information content (AvgIpc) is 3.60. The lowest BCUT2D eigenvalue weighted by Crippen LogP contribution is -2.55. The summed E-state index contributed by atoms with van der Waals surface area (Å²) in [6, 6.07) is 17.1. The summed E-state index contributed by atoms with van der Waals surface area (Å²) in [4.78, 5) is 53.3. The molecule has 0 saturated carbocycles. The van der Waals surface area contributed by atoms with E-state index in [1.807, 2.05) is 60.7 Å². The molecular weight excluding hydrogens is 464 g/mol. The molecule has 0 spiro atoms. The standard InChI is InChI=1S/C26H30N4O6/c31-23(21-13-7-15-29(21)25(33)35-17-19-9-3-1-4-10-19)27-28-24(32)22-14-8-16-30(22)26(34)36-18-20-11-5-2-6-12-20/h1-6,9-12,21-22H,7-8,13-18H2,(H,27,31)(H,28,32). The van der Waals surface area contributed by atoms with Gasteiger partial charge in [0.2, 0.25) is 0 Å². The van der Waals surface area contributed by atoms with Crippen LogP contribution in [-0.2, 0) is 32.3 Å². The lowest BCUT2D eigenvalue weighted by atomic mass is 10.2. The molecule has 4 rings (SSSR count). The van der Waals surface area contributed by atoms with E-state index < -0.39 is 36.1 Å². The Balaban J connectivity index is 1.24. The molecule has 0 aliphatic carbocycles. The van der Waals surface area contributed by atoms with Gasteiger partial charge in [0.1, 0.15) is 25.3 Å². The van der Waals surface area contributed by atoms with Crippen molar-refractivity contribution < 1.29 is 28.7 Å². The smallest absolute Gasteiger partial charge is 0.410 e. The summed E-state index contributed by atoms with van der Waals surface area (Å²) in [5, 5.41) is 0.